The molecule has 0 bridgehead atoms. The zero-order valence-corrected chi connectivity index (χ0v) is 22.4. The minimum absolute atomic E-state index is 0.0658. The van der Waals surface area contributed by atoms with Crippen molar-refractivity contribution in [2.75, 3.05) is 21.0 Å². The van der Waals surface area contributed by atoms with Crippen LogP contribution in [-0.2, 0) is 11.3 Å². The summed E-state index contributed by atoms with van der Waals surface area (Å²) in [5.74, 6) is -0.604. The maximum atomic E-state index is 13.3. The molecule has 0 fully saturated rings. The Morgan fingerprint density at radius 2 is 1.82 bits per heavy atom. The molecule has 0 unspecified atom stereocenters. The van der Waals surface area contributed by atoms with E-state index < -0.39 is 17.5 Å². The molecular formula is C28H23Cl2NO8. The summed E-state index contributed by atoms with van der Waals surface area (Å²) in [4.78, 5) is 26.6. The van der Waals surface area contributed by atoms with Crippen molar-refractivity contribution in [2.24, 2.45) is 0 Å². The molecule has 9 nitrogen and oxygen atoms in total. The number of amides is 1. The van der Waals surface area contributed by atoms with Gasteiger partial charge in [0.15, 0.2) is 11.5 Å². The van der Waals surface area contributed by atoms with Gasteiger partial charge in [0, 0.05) is 24.4 Å². The number of hydrogen-bond donors (Lipinski definition) is 2. The van der Waals surface area contributed by atoms with Crippen LogP contribution in [0.25, 0.3) is 11.0 Å². The van der Waals surface area contributed by atoms with Crippen LogP contribution in [0.3, 0.4) is 0 Å². The number of rotatable bonds is 8. The number of carbonyl (C=O) groups excluding carboxylic acids is 1. The van der Waals surface area contributed by atoms with Crippen LogP contribution in [0, 0.1) is 0 Å². The van der Waals surface area contributed by atoms with Gasteiger partial charge in [-0.05, 0) is 35.9 Å². The highest BCUT2D eigenvalue weighted by molar-refractivity contribution is 6.42. The van der Waals surface area contributed by atoms with Crippen molar-refractivity contribution in [2.45, 2.75) is 18.9 Å². The Kier molecular flexibility index (Phi) is 7.45. The van der Waals surface area contributed by atoms with E-state index in [9.17, 15) is 14.7 Å². The molecule has 5 rings (SSSR count). The third-order valence-corrected chi connectivity index (χ3v) is 7.16. The highest BCUT2D eigenvalue weighted by Gasteiger charge is 2.35. The highest BCUT2D eigenvalue weighted by Crippen LogP contribution is 2.53. The Balaban J connectivity index is 1.60. The lowest BCUT2D eigenvalue weighted by Crippen LogP contribution is -2.27. The molecule has 1 aromatic heterocycles. The number of halogens is 2. The van der Waals surface area contributed by atoms with Gasteiger partial charge in [0.25, 0.3) is 0 Å². The monoisotopic (exact) mass is 571 g/mol. The number of carbonyl (C=O) groups is 1. The van der Waals surface area contributed by atoms with Crippen molar-refractivity contribution in [3.63, 3.8) is 0 Å². The number of nitrogens with one attached hydrogen (secondary N) is 1. The maximum absolute atomic E-state index is 13.3. The van der Waals surface area contributed by atoms with Crippen LogP contribution in [-0.4, -0.2) is 32.0 Å². The van der Waals surface area contributed by atoms with E-state index in [1.807, 2.05) is 0 Å². The van der Waals surface area contributed by atoms with Gasteiger partial charge >= 0.3 is 5.63 Å². The molecule has 1 aliphatic rings. The molecule has 0 radical (unpaired) electrons. The first-order valence-electron chi connectivity index (χ1n) is 11.8. The minimum atomic E-state index is -1.02. The van der Waals surface area contributed by atoms with E-state index in [1.54, 1.807) is 48.5 Å². The van der Waals surface area contributed by atoms with Gasteiger partial charge in [0.1, 0.15) is 11.3 Å². The summed E-state index contributed by atoms with van der Waals surface area (Å²) in [5, 5.41) is 15.2. The SMILES string of the molecule is COc1cc([C@H](CC(=O)NCc2ccc(Cl)c(Cl)c2)c2c(O)c3ccccc3oc2=O)c(OC)c2c1OCO2. The number of para-hydroxylation sites is 1. The van der Waals surface area contributed by atoms with Crippen LogP contribution < -0.4 is 29.9 Å². The van der Waals surface area contributed by atoms with Crippen LogP contribution in [0.15, 0.2) is 57.7 Å². The Labute approximate surface area is 232 Å². The second-order valence-electron chi connectivity index (χ2n) is 8.70. The van der Waals surface area contributed by atoms with Crippen LogP contribution in [0.1, 0.15) is 29.0 Å². The van der Waals surface area contributed by atoms with Crippen LogP contribution in [0.2, 0.25) is 10.0 Å². The van der Waals surface area contributed by atoms with Gasteiger partial charge in [-0.15, -0.1) is 0 Å². The number of aromatic hydroxyl groups is 1. The van der Waals surface area contributed by atoms with E-state index in [2.05, 4.69) is 5.32 Å². The van der Waals surface area contributed by atoms with Gasteiger partial charge in [0.2, 0.25) is 24.2 Å². The Morgan fingerprint density at radius 3 is 2.56 bits per heavy atom. The van der Waals surface area contributed by atoms with Crippen molar-refractivity contribution < 1.29 is 33.3 Å². The second-order valence-corrected chi connectivity index (χ2v) is 9.51. The zero-order valence-electron chi connectivity index (χ0n) is 20.9. The van der Waals surface area contributed by atoms with Crippen molar-refractivity contribution in [3.8, 4) is 28.7 Å². The lowest BCUT2D eigenvalue weighted by Gasteiger charge is -2.22. The van der Waals surface area contributed by atoms with E-state index in [-0.39, 0.29) is 48.2 Å². The van der Waals surface area contributed by atoms with Crippen molar-refractivity contribution >= 4 is 40.1 Å². The minimum Gasteiger partial charge on any atom is -0.507 e. The van der Waals surface area contributed by atoms with Gasteiger partial charge in [-0.3, -0.25) is 4.79 Å². The van der Waals surface area contributed by atoms with Crippen LogP contribution in [0.5, 0.6) is 28.7 Å². The molecule has 0 saturated heterocycles. The lowest BCUT2D eigenvalue weighted by atomic mass is 9.86. The van der Waals surface area contributed by atoms with Crippen LogP contribution >= 0.6 is 23.2 Å². The van der Waals surface area contributed by atoms with E-state index >= 15 is 0 Å². The largest absolute Gasteiger partial charge is 0.507 e. The molecule has 39 heavy (non-hydrogen) atoms. The van der Waals surface area contributed by atoms with E-state index in [1.165, 1.54) is 14.2 Å². The zero-order chi connectivity index (χ0) is 27.7. The third kappa shape index (κ3) is 5.03. The quantitative estimate of drug-likeness (QED) is 0.270. The first-order chi connectivity index (χ1) is 18.8. The van der Waals surface area contributed by atoms with Gasteiger partial charge in [0.05, 0.1) is 35.2 Å². The number of fused-ring (bicyclic) bond motifs is 2. The fraction of sp³-hybridized carbons (Fsp3) is 0.214. The van der Waals surface area contributed by atoms with Gasteiger partial charge < -0.3 is 33.8 Å². The first kappa shape index (κ1) is 26.5. The average Bonchev–Trinajstić information content (AvgIpc) is 3.42. The number of methoxy groups -OCH3 is 2. The summed E-state index contributed by atoms with van der Waals surface area (Å²) >= 11 is 12.1. The normalized spacial score (nSPS) is 12.8. The molecule has 1 aliphatic heterocycles. The molecule has 4 aromatic rings. The van der Waals surface area contributed by atoms with Crippen LogP contribution in [0.4, 0.5) is 0 Å². The summed E-state index contributed by atoms with van der Waals surface area (Å²) in [7, 11) is 2.88. The van der Waals surface area contributed by atoms with E-state index in [4.69, 9.17) is 46.6 Å². The molecule has 202 valence electrons. The standard InChI is InChI=1S/C28H23Cl2NO8/c1-35-21-10-17(25(36-2)27-26(21)37-13-38-27)16(11-22(32)31-12-14-7-8-18(29)19(30)9-14)23-24(33)15-5-3-4-6-20(15)39-28(23)34/h3-10,16,33H,11-13H2,1-2H3,(H,31,32)/t16-/m0/s1. The molecule has 0 saturated carbocycles. The average molecular weight is 572 g/mol. The van der Waals surface area contributed by atoms with Crippen molar-refractivity contribution in [3.05, 3.63) is 85.7 Å². The number of ether oxygens (including phenoxy) is 4. The lowest BCUT2D eigenvalue weighted by molar-refractivity contribution is -0.121. The molecule has 0 aliphatic carbocycles. The molecule has 2 N–H and O–H groups in total. The molecule has 1 amide bonds. The summed E-state index contributed by atoms with van der Waals surface area (Å²) in [6, 6.07) is 13.2. The van der Waals surface area contributed by atoms with Gasteiger partial charge in [-0.1, -0.05) is 41.4 Å². The maximum Gasteiger partial charge on any atom is 0.343 e. The number of hydrogen-bond acceptors (Lipinski definition) is 8. The predicted octanol–water partition coefficient (Wildman–Crippen LogP) is 5.39. The summed E-state index contributed by atoms with van der Waals surface area (Å²) < 4.78 is 27.9. The Bertz CT molecular complexity index is 1630. The summed E-state index contributed by atoms with van der Waals surface area (Å²) in [5.41, 5.74) is 0.387. The predicted molar refractivity (Wildman–Crippen MR) is 145 cm³/mol. The molecule has 3 aromatic carbocycles. The smallest absolute Gasteiger partial charge is 0.343 e. The molecule has 2 heterocycles. The molecule has 1 atom stereocenters. The number of benzene rings is 3. The van der Waals surface area contributed by atoms with E-state index in [0.717, 1.165) is 5.56 Å². The molecular weight excluding hydrogens is 549 g/mol. The van der Waals surface area contributed by atoms with Crippen molar-refractivity contribution in [1.82, 2.24) is 5.32 Å². The Morgan fingerprint density at radius 1 is 1.05 bits per heavy atom. The fourth-order valence-electron chi connectivity index (χ4n) is 4.59. The van der Waals surface area contributed by atoms with Gasteiger partial charge in [-0.25, -0.2) is 4.79 Å². The molecule has 11 heteroatoms. The summed E-state index contributed by atoms with van der Waals surface area (Å²) in [6.45, 7) is 0.0893. The Hall–Kier alpha value is -4.08. The first-order valence-corrected chi connectivity index (χ1v) is 12.6. The topological polar surface area (TPSA) is 116 Å². The molecule has 0 spiro atoms. The summed E-state index contributed by atoms with van der Waals surface area (Å²) in [6.07, 6.45) is -0.253. The fourth-order valence-corrected chi connectivity index (χ4v) is 4.91. The van der Waals surface area contributed by atoms with Gasteiger partial charge in [-0.2, -0.15) is 0 Å². The second kappa shape index (κ2) is 11.0. The third-order valence-electron chi connectivity index (χ3n) is 6.42. The van der Waals surface area contributed by atoms with E-state index in [0.29, 0.717) is 32.5 Å². The van der Waals surface area contributed by atoms with Crippen molar-refractivity contribution in [1.29, 1.82) is 0 Å². The highest BCUT2D eigenvalue weighted by atomic mass is 35.5.